The molecule has 0 aromatic heterocycles. The zero-order chi connectivity index (χ0) is 19.4. The summed E-state index contributed by atoms with van der Waals surface area (Å²) < 4.78 is 23.3. The van der Waals surface area contributed by atoms with Gasteiger partial charge < -0.3 is 10.2 Å². The molecule has 28 heavy (non-hydrogen) atoms. The Morgan fingerprint density at radius 3 is 1.96 bits per heavy atom. The minimum absolute atomic E-state index is 0.296. The zero-order valence-corrected chi connectivity index (χ0v) is 17.9. The van der Waals surface area contributed by atoms with E-state index < -0.39 is 9.84 Å². The van der Waals surface area contributed by atoms with Gasteiger partial charge in [-0.05, 0) is 87.4 Å². The van der Waals surface area contributed by atoms with E-state index in [4.69, 9.17) is 0 Å². The third kappa shape index (κ3) is 4.00. The van der Waals surface area contributed by atoms with Crippen LogP contribution in [0.2, 0.25) is 0 Å². The summed E-state index contributed by atoms with van der Waals surface area (Å²) in [5.41, 5.74) is 0.327. The highest BCUT2D eigenvalue weighted by molar-refractivity contribution is 7.91. The van der Waals surface area contributed by atoms with Gasteiger partial charge in [-0.25, -0.2) is 8.42 Å². The van der Waals surface area contributed by atoms with Crippen LogP contribution in [-0.2, 0) is 14.6 Å². The lowest BCUT2D eigenvalue weighted by molar-refractivity contribution is -0.130. The summed E-state index contributed by atoms with van der Waals surface area (Å²) in [6.45, 7) is 1.99. The van der Waals surface area contributed by atoms with Crippen LogP contribution in [0.5, 0.6) is 0 Å². The van der Waals surface area contributed by atoms with Gasteiger partial charge in [0.1, 0.15) is 9.84 Å². The fraction of sp³-hybridized carbons (Fsp3) is 0.955. The van der Waals surface area contributed by atoms with E-state index in [-0.39, 0.29) is 0 Å². The van der Waals surface area contributed by atoms with Crippen LogP contribution in [-0.4, -0.2) is 55.9 Å². The van der Waals surface area contributed by atoms with Crippen LogP contribution < -0.4 is 5.32 Å². The molecule has 2 heterocycles. The van der Waals surface area contributed by atoms with Crippen LogP contribution in [0.3, 0.4) is 0 Å². The zero-order valence-electron chi connectivity index (χ0n) is 17.1. The highest BCUT2D eigenvalue weighted by Gasteiger charge is 2.51. The number of piperidine rings is 1. The second kappa shape index (κ2) is 7.26. The van der Waals surface area contributed by atoms with E-state index in [1.807, 2.05) is 0 Å². The van der Waals surface area contributed by atoms with Gasteiger partial charge in [-0.15, -0.1) is 0 Å². The Morgan fingerprint density at radius 1 is 0.893 bits per heavy atom. The largest absolute Gasteiger partial charge is 0.353 e. The quantitative estimate of drug-likeness (QED) is 0.777. The van der Waals surface area contributed by atoms with Gasteiger partial charge >= 0.3 is 0 Å². The van der Waals surface area contributed by atoms with Crippen molar-refractivity contribution in [2.75, 3.05) is 24.6 Å². The molecule has 5 nitrogen and oxygen atoms in total. The van der Waals surface area contributed by atoms with Crippen LogP contribution in [0.1, 0.15) is 70.6 Å². The van der Waals surface area contributed by atoms with Crippen molar-refractivity contribution in [1.29, 1.82) is 0 Å². The summed E-state index contributed by atoms with van der Waals surface area (Å²) in [7, 11) is -2.79. The van der Waals surface area contributed by atoms with Crippen molar-refractivity contribution in [2.45, 2.75) is 82.7 Å². The van der Waals surface area contributed by atoms with Crippen LogP contribution in [0, 0.1) is 23.2 Å². The number of sulfone groups is 1. The summed E-state index contributed by atoms with van der Waals surface area (Å²) in [4.78, 5) is 15.3. The predicted molar refractivity (Wildman–Crippen MR) is 110 cm³/mol. The molecule has 0 aromatic carbocycles. The second-order valence-corrected chi connectivity index (χ2v) is 13.2. The molecule has 0 aromatic rings. The van der Waals surface area contributed by atoms with Gasteiger partial charge in [-0.2, -0.15) is 0 Å². The van der Waals surface area contributed by atoms with E-state index in [1.165, 1.54) is 38.5 Å². The van der Waals surface area contributed by atoms with Gasteiger partial charge in [0.05, 0.1) is 11.5 Å². The molecule has 6 heteroatoms. The molecule has 2 saturated heterocycles. The Hall–Kier alpha value is -0.620. The van der Waals surface area contributed by atoms with Crippen LogP contribution in [0.15, 0.2) is 0 Å². The molecule has 2 aliphatic heterocycles. The minimum Gasteiger partial charge on any atom is -0.353 e. The molecular weight excluding hydrogens is 372 g/mol. The smallest absolute Gasteiger partial charge is 0.220 e. The Morgan fingerprint density at radius 2 is 1.43 bits per heavy atom. The molecule has 0 spiro atoms. The van der Waals surface area contributed by atoms with Crippen molar-refractivity contribution in [3.63, 3.8) is 0 Å². The van der Waals surface area contributed by atoms with Crippen LogP contribution in [0.4, 0.5) is 0 Å². The van der Waals surface area contributed by atoms with Crippen LogP contribution in [0.25, 0.3) is 0 Å². The molecule has 1 amide bonds. The van der Waals surface area contributed by atoms with Gasteiger partial charge in [-0.3, -0.25) is 4.79 Å². The first-order chi connectivity index (χ1) is 13.4. The number of nitrogens with one attached hydrogen (secondary N) is 1. The highest BCUT2D eigenvalue weighted by atomic mass is 32.2. The van der Waals surface area contributed by atoms with Crippen LogP contribution >= 0.6 is 0 Å². The molecule has 0 radical (unpaired) electrons. The monoisotopic (exact) mass is 408 g/mol. The number of carbonyl (C=O) groups is 1. The molecule has 4 bridgehead atoms. The number of carbonyl (C=O) groups excluding carboxylic acids is 1. The maximum atomic E-state index is 12.9. The molecule has 158 valence electrons. The summed E-state index contributed by atoms with van der Waals surface area (Å²) in [6, 6.07) is 0.734. The lowest BCUT2D eigenvalue weighted by atomic mass is 9.49. The van der Waals surface area contributed by atoms with E-state index in [1.54, 1.807) is 0 Å². The second-order valence-electron chi connectivity index (χ2n) is 10.9. The normalized spacial score (nSPS) is 41.2. The highest BCUT2D eigenvalue weighted by Crippen LogP contribution is 2.61. The fourth-order valence-electron chi connectivity index (χ4n) is 7.78. The van der Waals surface area contributed by atoms with E-state index in [9.17, 15) is 13.2 Å². The molecule has 0 atom stereocenters. The molecule has 0 unspecified atom stereocenters. The number of rotatable bonds is 4. The first kappa shape index (κ1) is 19.3. The lowest BCUT2D eigenvalue weighted by Crippen LogP contribution is -2.51. The third-order valence-corrected chi connectivity index (χ3v) is 10.4. The SMILES string of the molecule is O=C(CC12CC3CC(CC(C3)C1)C2)NC1CCN(C2CCS(=O)(=O)CC2)CC1. The van der Waals surface area contributed by atoms with E-state index in [0.29, 0.717) is 34.9 Å². The van der Waals surface area contributed by atoms with Gasteiger partial charge in [0.2, 0.25) is 5.91 Å². The predicted octanol–water partition coefficient (Wildman–Crippen LogP) is 2.75. The lowest BCUT2D eigenvalue weighted by Gasteiger charge is -2.56. The maximum Gasteiger partial charge on any atom is 0.220 e. The molecule has 4 saturated carbocycles. The molecule has 6 fully saturated rings. The van der Waals surface area contributed by atoms with Crippen molar-refractivity contribution in [3.8, 4) is 0 Å². The summed E-state index contributed by atoms with van der Waals surface area (Å²) in [6.07, 6.45) is 12.5. The summed E-state index contributed by atoms with van der Waals surface area (Å²) in [5, 5.41) is 3.37. The first-order valence-electron chi connectivity index (χ1n) is 11.6. The van der Waals surface area contributed by atoms with Gasteiger partial charge in [0, 0.05) is 31.6 Å². The number of nitrogens with zero attached hydrogens (tertiary/aromatic N) is 1. The van der Waals surface area contributed by atoms with Gasteiger partial charge in [0.15, 0.2) is 0 Å². The number of hydrogen-bond acceptors (Lipinski definition) is 4. The summed E-state index contributed by atoms with van der Waals surface area (Å²) in [5.74, 6) is 3.70. The van der Waals surface area contributed by atoms with Gasteiger partial charge in [-0.1, -0.05) is 0 Å². The van der Waals surface area contributed by atoms with Crippen molar-refractivity contribution >= 4 is 15.7 Å². The Labute approximate surface area is 169 Å². The Bertz CT molecular complexity index is 662. The van der Waals surface area contributed by atoms with Crippen molar-refractivity contribution in [2.24, 2.45) is 23.2 Å². The third-order valence-electron chi connectivity index (χ3n) is 8.64. The minimum atomic E-state index is -2.79. The van der Waals surface area contributed by atoms with E-state index in [2.05, 4.69) is 10.2 Å². The average Bonchev–Trinajstić information content (AvgIpc) is 2.61. The van der Waals surface area contributed by atoms with E-state index in [0.717, 1.165) is 62.9 Å². The first-order valence-corrected chi connectivity index (χ1v) is 13.4. The number of likely N-dealkylation sites (tertiary alicyclic amines) is 1. The van der Waals surface area contributed by atoms with Crippen molar-refractivity contribution in [1.82, 2.24) is 10.2 Å². The molecule has 6 aliphatic rings. The number of hydrogen-bond donors (Lipinski definition) is 1. The average molecular weight is 409 g/mol. The maximum absolute atomic E-state index is 12.9. The Kier molecular flexibility index (Phi) is 5.02. The molecule has 4 aliphatic carbocycles. The standard InChI is InChI=1S/C22H36N2O3S/c25-21(15-22-12-16-9-17(13-22)11-18(10-16)14-22)23-19-1-5-24(6-2-19)20-3-7-28(26,27)8-4-20/h16-20H,1-15H2,(H,23,25). The molecular formula is C22H36N2O3S. The summed E-state index contributed by atoms with van der Waals surface area (Å²) >= 11 is 0. The topological polar surface area (TPSA) is 66.5 Å². The van der Waals surface area contributed by atoms with Crippen molar-refractivity contribution in [3.05, 3.63) is 0 Å². The number of amides is 1. The fourth-order valence-corrected chi connectivity index (χ4v) is 9.24. The Balaban J connectivity index is 1.09. The van der Waals surface area contributed by atoms with Crippen molar-refractivity contribution < 1.29 is 13.2 Å². The van der Waals surface area contributed by atoms with Gasteiger partial charge in [0.25, 0.3) is 0 Å². The molecule has 1 N–H and O–H groups in total. The molecule has 6 rings (SSSR count). The van der Waals surface area contributed by atoms with E-state index >= 15 is 0 Å².